The molecule has 0 aliphatic carbocycles. The summed E-state index contributed by atoms with van der Waals surface area (Å²) in [5.41, 5.74) is 0. The number of hydrogen-bond acceptors (Lipinski definition) is 2. The second-order valence-corrected chi connectivity index (χ2v) is 1.04. The zero-order chi connectivity index (χ0) is 5.54. The summed E-state index contributed by atoms with van der Waals surface area (Å²) in [6, 6.07) is 1.81. The van der Waals surface area contributed by atoms with Gasteiger partial charge in [-0.3, -0.25) is 0 Å². The second-order valence-electron chi connectivity index (χ2n) is 1.04. The maximum absolute atomic E-state index is 8.13. The monoisotopic (exact) mass is 97.1 g/mol. The highest BCUT2D eigenvalue weighted by Crippen LogP contribution is 1.76. The Morgan fingerprint density at radius 2 is 2.43 bits per heavy atom. The summed E-state index contributed by atoms with van der Waals surface area (Å²) in [7, 11) is 0. The fourth-order valence-corrected chi connectivity index (χ4v) is 0.211. The fourth-order valence-electron chi connectivity index (χ4n) is 0.211. The molecule has 0 unspecified atom stereocenters. The van der Waals surface area contributed by atoms with Crippen molar-refractivity contribution in [2.75, 3.05) is 6.61 Å². The minimum absolute atomic E-state index is 0.123. The number of allylic oxidation sites excluding steroid dienone is 1. The van der Waals surface area contributed by atoms with Gasteiger partial charge in [0.1, 0.15) is 0 Å². The molecule has 0 heterocycles. The lowest BCUT2D eigenvalue weighted by Gasteiger charge is -1.75. The van der Waals surface area contributed by atoms with Crippen LogP contribution in [-0.2, 0) is 0 Å². The van der Waals surface area contributed by atoms with Gasteiger partial charge in [-0.25, -0.2) is 0 Å². The third-order valence-electron chi connectivity index (χ3n) is 0.488. The molecule has 0 fully saturated rings. The van der Waals surface area contributed by atoms with Crippen LogP contribution in [-0.4, -0.2) is 11.7 Å². The SMILES string of the molecule is N#C/C=C\CCO. The molecule has 0 atom stereocenters. The van der Waals surface area contributed by atoms with Crippen LogP contribution in [0.2, 0.25) is 0 Å². The van der Waals surface area contributed by atoms with Gasteiger partial charge in [-0.1, -0.05) is 6.08 Å². The lowest BCUT2D eigenvalue weighted by molar-refractivity contribution is 0.302. The van der Waals surface area contributed by atoms with E-state index in [1.165, 1.54) is 6.08 Å². The molecule has 0 amide bonds. The van der Waals surface area contributed by atoms with Crippen molar-refractivity contribution in [3.8, 4) is 6.07 Å². The van der Waals surface area contributed by atoms with Crippen LogP contribution in [0.1, 0.15) is 6.42 Å². The summed E-state index contributed by atoms with van der Waals surface area (Å²) in [4.78, 5) is 0. The van der Waals surface area contributed by atoms with Crippen molar-refractivity contribution in [1.29, 1.82) is 5.26 Å². The normalized spacial score (nSPS) is 9.14. The Kier molecular flexibility index (Phi) is 4.59. The van der Waals surface area contributed by atoms with Crippen LogP contribution in [0.25, 0.3) is 0 Å². The van der Waals surface area contributed by atoms with E-state index in [2.05, 4.69) is 0 Å². The summed E-state index contributed by atoms with van der Waals surface area (Å²) in [5, 5.41) is 16.0. The lowest BCUT2D eigenvalue weighted by atomic mass is 10.4. The van der Waals surface area contributed by atoms with Gasteiger partial charge in [0.15, 0.2) is 0 Å². The number of nitrogens with zero attached hydrogens (tertiary/aromatic N) is 1. The highest BCUT2D eigenvalue weighted by molar-refractivity contribution is 5.01. The number of rotatable bonds is 2. The zero-order valence-electron chi connectivity index (χ0n) is 3.96. The molecule has 0 rings (SSSR count). The maximum atomic E-state index is 8.13. The minimum Gasteiger partial charge on any atom is -0.396 e. The highest BCUT2D eigenvalue weighted by atomic mass is 16.2. The molecule has 38 valence electrons. The molecule has 0 spiro atoms. The molecule has 0 aliphatic rings. The van der Waals surface area contributed by atoms with E-state index in [0.29, 0.717) is 6.42 Å². The fraction of sp³-hybridized carbons (Fsp3) is 0.400. The van der Waals surface area contributed by atoms with Crippen LogP contribution in [0.4, 0.5) is 0 Å². The zero-order valence-corrected chi connectivity index (χ0v) is 3.96. The first-order chi connectivity index (χ1) is 3.41. The minimum atomic E-state index is 0.123. The average molecular weight is 97.1 g/mol. The Hall–Kier alpha value is -0.810. The van der Waals surface area contributed by atoms with Gasteiger partial charge >= 0.3 is 0 Å². The molecule has 0 saturated carbocycles. The largest absolute Gasteiger partial charge is 0.396 e. The van der Waals surface area contributed by atoms with Gasteiger partial charge in [0, 0.05) is 12.7 Å². The standard InChI is InChI=1S/C5H7NO/c6-4-2-1-3-5-7/h1-2,7H,3,5H2/b2-1-. The third-order valence-corrected chi connectivity index (χ3v) is 0.488. The molecule has 2 heteroatoms. The summed E-state index contributed by atoms with van der Waals surface area (Å²) < 4.78 is 0. The van der Waals surface area contributed by atoms with Crippen LogP contribution in [0.5, 0.6) is 0 Å². The van der Waals surface area contributed by atoms with E-state index in [4.69, 9.17) is 10.4 Å². The summed E-state index contributed by atoms with van der Waals surface area (Å²) >= 11 is 0. The van der Waals surface area contributed by atoms with E-state index in [9.17, 15) is 0 Å². The topological polar surface area (TPSA) is 44.0 Å². The van der Waals surface area contributed by atoms with E-state index in [0.717, 1.165) is 0 Å². The Bertz CT molecular complexity index is 90.7. The van der Waals surface area contributed by atoms with Gasteiger partial charge in [0.05, 0.1) is 6.07 Å². The molecule has 2 nitrogen and oxygen atoms in total. The molecule has 0 aromatic carbocycles. The van der Waals surface area contributed by atoms with Crippen LogP contribution < -0.4 is 0 Å². The van der Waals surface area contributed by atoms with Crippen molar-refractivity contribution in [2.24, 2.45) is 0 Å². The summed E-state index contributed by atoms with van der Waals surface area (Å²) in [5.74, 6) is 0. The first-order valence-corrected chi connectivity index (χ1v) is 2.07. The van der Waals surface area contributed by atoms with Gasteiger partial charge in [-0.2, -0.15) is 5.26 Å². The molecule has 0 aliphatic heterocycles. The molecule has 0 radical (unpaired) electrons. The first kappa shape index (κ1) is 6.19. The van der Waals surface area contributed by atoms with Crippen molar-refractivity contribution in [3.63, 3.8) is 0 Å². The Labute approximate surface area is 42.7 Å². The maximum Gasteiger partial charge on any atom is 0.0908 e. The van der Waals surface area contributed by atoms with E-state index in [1.54, 1.807) is 6.08 Å². The van der Waals surface area contributed by atoms with E-state index >= 15 is 0 Å². The van der Waals surface area contributed by atoms with Gasteiger partial charge in [-0.15, -0.1) is 0 Å². The van der Waals surface area contributed by atoms with Gasteiger partial charge in [0.2, 0.25) is 0 Å². The molecule has 0 aromatic rings. The van der Waals surface area contributed by atoms with Crippen LogP contribution in [0.3, 0.4) is 0 Å². The molecular formula is C5H7NO. The Balaban J connectivity index is 2.97. The molecule has 0 bridgehead atoms. The predicted molar refractivity (Wildman–Crippen MR) is 26.5 cm³/mol. The Morgan fingerprint density at radius 3 is 2.86 bits per heavy atom. The van der Waals surface area contributed by atoms with Crippen molar-refractivity contribution >= 4 is 0 Å². The summed E-state index contributed by atoms with van der Waals surface area (Å²) in [6.07, 6.45) is 3.56. The molecule has 0 aromatic heterocycles. The van der Waals surface area contributed by atoms with Crippen LogP contribution in [0.15, 0.2) is 12.2 Å². The molecule has 0 saturated heterocycles. The van der Waals surface area contributed by atoms with Crippen molar-refractivity contribution in [3.05, 3.63) is 12.2 Å². The first-order valence-electron chi connectivity index (χ1n) is 2.07. The highest BCUT2D eigenvalue weighted by Gasteiger charge is 1.68. The lowest BCUT2D eigenvalue weighted by Crippen LogP contribution is -1.73. The van der Waals surface area contributed by atoms with Gasteiger partial charge in [0.25, 0.3) is 0 Å². The van der Waals surface area contributed by atoms with Crippen molar-refractivity contribution in [1.82, 2.24) is 0 Å². The summed E-state index contributed by atoms with van der Waals surface area (Å²) in [6.45, 7) is 0.123. The van der Waals surface area contributed by atoms with Crippen LogP contribution in [0, 0.1) is 11.3 Å². The molecule has 7 heavy (non-hydrogen) atoms. The average Bonchev–Trinajstić information content (AvgIpc) is 1.69. The van der Waals surface area contributed by atoms with Crippen molar-refractivity contribution < 1.29 is 5.11 Å². The second kappa shape index (κ2) is 5.19. The van der Waals surface area contributed by atoms with Crippen LogP contribution >= 0.6 is 0 Å². The Morgan fingerprint density at radius 1 is 1.71 bits per heavy atom. The quantitative estimate of drug-likeness (QED) is 0.508. The number of nitriles is 1. The van der Waals surface area contributed by atoms with Crippen molar-refractivity contribution in [2.45, 2.75) is 6.42 Å². The number of hydrogen-bond donors (Lipinski definition) is 1. The van der Waals surface area contributed by atoms with E-state index in [-0.39, 0.29) is 6.61 Å². The third kappa shape index (κ3) is 5.19. The van der Waals surface area contributed by atoms with E-state index in [1.807, 2.05) is 6.07 Å². The molecule has 1 N–H and O–H groups in total. The predicted octanol–water partition coefficient (Wildman–Crippen LogP) is 0.449. The van der Waals surface area contributed by atoms with Gasteiger partial charge in [-0.05, 0) is 6.42 Å². The molecular weight excluding hydrogens is 90.1 g/mol. The van der Waals surface area contributed by atoms with Gasteiger partial charge < -0.3 is 5.11 Å². The number of aliphatic hydroxyl groups is 1. The smallest absolute Gasteiger partial charge is 0.0908 e. The van der Waals surface area contributed by atoms with E-state index < -0.39 is 0 Å². The number of aliphatic hydroxyl groups excluding tert-OH is 1.